The highest BCUT2D eigenvalue weighted by molar-refractivity contribution is 6.38. The van der Waals surface area contributed by atoms with Crippen LogP contribution in [0.1, 0.15) is 35.2 Å². The predicted octanol–water partition coefficient (Wildman–Crippen LogP) is 3.25. The SMILES string of the molecule is O=C(NCCc1ccccn1)C(=O)C(Cc1ccccc1)NC(=O)[C@H]1CCC(=O)N1Cc1ccccc1C(F)(F)F. The molecule has 1 fully saturated rings. The van der Waals surface area contributed by atoms with Crippen molar-refractivity contribution < 1.29 is 32.3 Å². The van der Waals surface area contributed by atoms with Crippen molar-refractivity contribution in [1.82, 2.24) is 20.5 Å². The number of carbonyl (C=O) groups excluding carboxylic acids is 4. The van der Waals surface area contributed by atoms with E-state index in [4.69, 9.17) is 0 Å². The maximum Gasteiger partial charge on any atom is 0.416 e. The topological polar surface area (TPSA) is 108 Å². The van der Waals surface area contributed by atoms with Crippen molar-refractivity contribution in [3.05, 3.63) is 101 Å². The average molecular weight is 567 g/mol. The first-order valence-corrected chi connectivity index (χ1v) is 13.1. The summed E-state index contributed by atoms with van der Waals surface area (Å²) >= 11 is 0. The summed E-state index contributed by atoms with van der Waals surface area (Å²) in [7, 11) is 0. The molecule has 2 N–H and O–H groups in total. The predicted molar refractivity (Wildman–Crippen MR) is 143 cm³/mol. The van der Waals surface area contributed by atoms with E-state index >= 15 is 0 Å². The number of ketones is 1. The number of Topliss-reactive ketones (excluding diaryl/α,β-unsaturated/α-hetero) is 1. The quantitative estimate of drug-likeness (QED) is 0.347. The molecule has 1 unspecified atom stereocenters. The number of amides is 3. The van der Waals surface area contributed by atoms with Gasteiger partial charge in [0.05, 0.1) is 5.56 Å². The van der Waals surface area contributed by atoms with Gasteiger partial charge in [-0.25, -0.2) is 0 Å². The molecule has 11 heteroatoms. The lowest BCUT2D eigenvalue weighted by Crippen LogP contribution is -2.53. The van der Waals surface area contributed by atoms with Gasteiger partial charge in [0, 0.05) is 44.2 Å². The van der Waals surface area contributed by atoms with Gasteiger partial charge in [-0.3, -0.25) is 24.2 Å². The van der Waals surface area contributed by atoms with Crippen LogP contribution in [0.15, 0.2) is 79.0 Å². The number of aromatic nitrogens is 1. The number of nitrogens with zero attached hydrogens (tertiary/aromatic N) is 2. The van der Waals surface area contributed by atoms with Crippen LogP contribution in [0.2, 0.25) is 0 Å². The van der Waals surface area contributed by atoms with Crippen LogP contribution in [0.5, 0.6) is 0 Å². The van der Waals surface area contributed by atoms with Crippen LogP contribution in [-0.2, 0) is 44.7 Å². The highest BCUT2D eigenvalue weighted by atomic mass is 19.4. The van der Waals surface area contributed by atoms with Gasteiger partial charge in [-0.1, -0.05) is 54.6 Å². The van der Waals surface area contributed by atoms with Crippen LogP contribution < -0.4 is 10.6 Å². The third kappa shape index (κ3) is 7.77. The summed E-state index contributed by atoms with van der Waals surface area (Å²) in [4.78, 5) is 57.2. The zero-order valence-corrected chi connectivity index (χ0v) is 22.1. The van der Waals surface area contributed by atoms with Crippen molar-refractivity contribution in [2.75, 3.05) is 6.54 Å². The van der Waals surface area contributed by atoms with Gasteiger partial charge in [0.15, 0.2) is 0 Å². The molecule has 214 valence electrons. The molecule has 3 amide bonds. The average Bonchev–Trinajstić information content (AvgIpc) is 3.32. The second-order valence-electron chi connectivity index (χ2n) is 9.67. The summed E-state index contributed by atoms with van der Waals surface area (Å²) in [6, 6.07) is 16.6. The van der Waals surface area contributed by atoms with Gasteiger partial charge >= 0.3 is 6.18 Å². The zero-order chi connectivity index (χ0) is 29.4. The fourth-order valence-electron chi connectivity index (χ4n) is 4.75. The van der Waals surface area contributed by atoms with E-state index in [-0.39, 0.29) is 31.4 Å². The van der Waals surface area contributed by atoms with Crippen molar-refractivity contribution in [3.63, 3.8) is 0 Å². The molecule has 4 rings (SSSR count). The minimum absolute atomic E-state index is 0.0106. The number of halogens is 3. The maximum absolute atomic E-state index is 13.5. The molecule has 1 aliphatic rings. The molecule has 2 atom stereocenters. The van der Waals surface area contributed by atoms with Gasteiger partial charge in [0.25, 0.3) is 5.91 Å². The molecule has 3 aromatic rings. The molecule has 41 heavy (non-hydrogen) atoms. The molecule has 0 radical (unpaired) electrons. The first kappa shape index (κ1) is 29.4. The van der Waals surface area contributed by atoms with E-state index in [2.05, 4.69) is 15.6 Å². The van der Waals surface area contributed by atoms with E-state index in [0.717, 1.165) is 16.7 Å². The van der Waals surface area contributed by atoms with Crippen LogP contribution in [0.3, 0.4) is 0 Å². The number of carbonyl (C=O) groups is 4. The lowest BCUT2D eigenvalue weighted by Gasteiger charge is -2.27. The van der Waals surface area contributed by atoms with Crippen molar-refractivity contribution >= 4 is 23.5 Å². The van der Waals surface area contributed by atoms with Gasteiger partial charge in [0.1, 0.15) is 12.1 Å². The molecule has 2 heterocycles. The maximum atomic E-state index is 13.5. The summed E-state index contributed by atoms with van der Waals surface area (Å²) in [6.07, 6.45) is -2.57. The summed E-state index contributed by atoms with van der Waals surface area (Å²) in [6.45, 7) is -0.269. The summed E-state index contributed by atoms with van der Waals surface area (Å²) in [5, 5.41) is 5.16. The second kappa shape index (κ2) is 13.2. The van der Waals surface area contributed by atoms with Crippen LogP contribution >= 0.6 is 0 Å². The minimum atomic E-state index is -4.63. The first-order valence-electron chi connectivity index (χ1n) is 13.1. The van der Waals surface area contributed by atoms with Gasteiger partial charge in [-0.2, -0.15) is 13.2 Å². The molecule has 0 saturated carbocycles. The van der Waals surface area contributed by atoms with E-state index < -0.39 is 53.9 Å². The fraction of sp³-hybridized carbons (Fsp3) is 0.300. The molecule has 0 spiro atoms. The molecular formula is C30H29F3N4O4. The molecular weight excluding hydrogens is 537 g/mol. The number of rotatable bonds is 11. The van der Waals surface area contributed by atoms with Crippen LogP contribution in [0.4, 0.5) is 13.2 Å². The standard InChI is InChI=1S/C30H29F3N4O4/c31-30(32,33)23-12-5-4-10-21(23)19-37-25(13-14-26(37)38)28(40)36-24(18-20-8-2-1-3-9-20)27(39)29(41)35-17-15-22-11-6-7-16-34-22/h1-12,16,24-25H,13-15,17-19H2,(H,35,41)(H,36,40)/t24?,25-/m1/s1. The highest BCUT2D eigenvalue weighted by Crippen LogP contribution is 2.33. The lowest BCUT2D eigenvalue weighted by atomic mass is 10.0. The Balaban J connectivity index is 1.48. The number of hydrogen-bond donors (Lipinski definition) is 2. The Hall–Kier alpha value is -4.54. The summed E-state index contributed by atoms with van der Waals surface area (Å²) in [5.74, 6) is -2.95. The van der Waals surface area contributed by atoms with Crippen molar-refractivity contribution in [2.24, 2.45) is 0 Å². The van der Waals surface area contributed by atoms with E-state index in [1.54, 1.807) is 54.7 Å². The van der Waals surface area contributed by atoms with Gasteiger partial charge in [-0.15, -0.1) is 0 Å². The summed E-state index contributed by atoms with van der Waals surface area (Å²) < 4.78 is 40.6. The number of alkyl halides is 3. The van der Waals surface area contributed by atoms with Gasteiger partial charge in [-0.05, 0) is 35.7 Å². The Morgan fingerprint density at radius 3 is 2.39 bits per heavy atom. The number of benzene rings is 2. The third-order valence-electron chi connectivity index (χ3n) is 6.83. The van der Waals surface area contributed by atoms with Crippen LogP contribution in [0, 0.1) is 0 Å². The number of likely N-dealkylation sites (tertiary alicyclic amines) is 1. The smallest absolute Gasteiger partial charge is 0.349 e. The Labute approximate surface area is 235 Å². The van der Waals surface area contributed by atoms with E-state index in [9.17, 15) is 32.3 Å². The Bertz CT molecular complexity index is 1380. The van der Waals surface area contributed by atoms with Crippen LogP contribution in [0.25, 0.3) is 0 Å². The molecule has 1 saturated heterocycles. The molecule has 0 aliphatic carbocycles. The monoisotopic (exact) mass is 566 g/mol. The first-order chi connectivity index (χ1) is 19.6. The molecule has 1 aromatic heterocycles. The Morgan fingerprint density at radius 2 is 1.68 bits per heavy atom. The fourth-order valence-corrected chi connectivity index (χ4v) is 4.75. The third-order valence-corrected chi connectivity index (χ3v) is 6.83. The van der Waals surface area contributed by atoms with E-state index in [1.165, 1.54) is 18.2 Å². The minimum Gasteiger partial charge on any atom is -0.349 e. The number of nitrogens with one attached hydrogen (secondary N) is 2. The number of hydrogen-bond acceptors (Lipinski definition) is 5. The zero-order valence-electron chi connectivity index (χ0n) is 22.1. The normalized spacial score (nSPS) is 15.8. The molecule has 2 aromatic carbocycles. The highest BCUT2D eigenvalue weighted by Gasteiger charge is 2.40. The largest absolute Gasteiger partial charge is 0.416 e. The molecule has 0 bridgehead atoms. The van der Waals surface area contributed by atoms with Crippen molar-refractivity contribution in [3.8, 4) is 0 Å². The van der Waals surface area contributed by atoms with Crippen molar-refractivity contribution in [1.29, 1.82) is 0 Å². The Morgan fingerprint density at radius 1 is 0.976 bits per heavy atom. The van der Waals surface area contributed by atoms with Crippen molar-refractivity contribution in [2.45, 2.75) is 50.5 Å². The van der Waals surface area contributed by atoms with Gasteiger partial charge < -0.3 is 15.5 Å². The van der Waals surface area contributed by atoms with E-state index in [0.29, 0.717) is 12.0 Å². The Kier molecular flexibility index (Phi) is 9.49. The van der Waals surface area contributed by atoms with E-state index in [1.807, 2.05) is 0 Å². The number of pyridine rings is 1. The van der Waals surface area contributed by atoms with Crippen LogP contribution in [-0.4, -0.2) is 52.0 Å². The lowest BCUT2D eigenvalue weighted by molar-refractivity contribution is -0.142. The second-order valence-corrected chi connectivity index (χ2v) is 9.67. The van der Waals surface area contributed by atoms with Gasteiger partial charge in [0.2, 0.25) is 17.6 Å². The summed E-state index contributed by atoms with van der Waals surface area (Å²) in [5.41, 5.74) is 0.383. The molecule has 8 nitrogen and oxygen atoms in total. The molecule has 1 aliphatic heterocycles.